The first kappa shape index (κ1) is 23.6. The number of fused-ring (bicyclic) bond motifs is 1. The molecule has 35 heavy (non-hydrogen) atoms. The topological polar surface area (TPSA) is 84.0 Å². The number of ether oxygens (including phenoxy) is 2. The molecule has 3 aliphatic heterocycles. The number of piperazine rings is 1. The first-order valence-corrected chi connectivity index (χ1v) is 12.6. The summed E-state index contributed by atoms with van der Waals surface area (Å²) in [6.45, 7) is 7.85. The zero-order chi connectivity index (χ0) is 24.4. The molecule has 1 unspecified atom stereocenters. The number of hydrogen-bond donors (Lipinski definition) is 1. The van der Waals surface area contributed by atoms with Gasteiger partial charge in [-0.1, -0.05) is 26.0 Å². The molecule has 186 valence electrons. The van der Waals surface area contributed by atoms with Gasteiger partial charge in [-0.15, -0.1) is 0 Å². The number of hydrogen-bond acceptors (Lipinski definition) is 6. The molecule has 0 saturated carbocycles. The summed E-state index contributed by atoms with van der Waals surface area (Å²) >= 11 is 0. The van der Waals surface area contributed by atoms with Crippen molar-refractivity contribution in [2.75, 3.05) is 26.3 Å². The fourth-order valence-corrected chi connectivity index (χ4v) is 5.41. The lowest BCUT2D eigenvalue weighted by molar-refractivity contribution is -0.162. The van der Waals surface area contributed by atoms with Crippen molar-refractivity contribution in [3.8, 4) is 11.5 Å². The van der Waals surface area contributed by atoms with Gasteiger partial charge in [0.1, 0.15) is 24.8 Å². The average Bonchev–Trinajstić information content (AvgIpc) is 2.87. The molecule has 2 aromatic rings. The highest BCUT2D eigenvalue weighted by atomic mass is 16.6. The number of benzene rings is 1. The third kappa shape index (κ3) is 4.85. The number of nitrogens with zero attached hydrogens (tertiary/aromatic N) is 3. The summed E-state index contributed by atoms with van der Waals surface area (Å²) < 4.78 is 11.4. The predicted octanol–water partition coefficient (Wildman–Crippen LogP) is 2.76. The highest BCUT2D eigenvalue weighted by molar-refractivity contribution is 6.00. The molecule has 0 aliphatic carbocycles. The first-order valence-electron chi connectivity index (χ1n) is 12.6. The standard InChI is InChI=1S/C27H34N4O4/c1-19(2)15-22-25(32)31(18-21-5-3-4-10-28-21)27(26(33)29-22)8-11-30(12-9-27)17-20-6-7-23-24(16-20)35-14-13-34-23/h3-7,10,16,19,22H,8-9,11-15,17-18H2,1-2H3,(H,29,33). The van der Waals surface area contributed by atoms with Crippen LogP contribution in [0.2, 0.25) is 0 Å². The van der Waals surface area contributed by atoms with Crippen LogP contribution in [0, 0.1) is 5.92 Å². The molecule has 1 aromatic carbocycles. The van der Waals surface area contributed by atoms with E-state index in [4.69, 9.17) is 9.47 Å². The molecule has 1 atom stereocenters. The highest BCUT2D eigenvalue weighted by Gasteiger charge is 2.53. The van der Waals surface area contributed by atoms with Gasteiger partial charge in [-0.3, -0.25) is 19.5 Å². The van der Waals surface area contributed by atoms with Gasteiger partial charge in [0, 0.05) is 25.8 Å². The molecular formula is C27H34N4O4. The summed E-state index contributed by atoms with van der Waals surface area (Å²) in [6, 6.07) is 11.3. The predicted molar refractivity (Wildman–Crippen MR) is 131 cm³/mol. The van der Waals surface area contributed by atoms with Crippen LogP contribution in [0.5, 0.6) is 11.5 Å². The molecule has 2 saturated heterocycles. The number of aromatic nitrogens is 1. The number of amides is 2. The van der Waals surface area contributed by atoms with Gasteiger partial charge in [0.25, 0.3) is 0 Å². The maximum atomic E-state index is 13.6. The lowest BCUT2D eigenvalue weighted by Gasteiger charge is -2.51. The number of pyridine rings is 1. The zero-order valence-electron chi connectivity index (χ0n) is 20.5. The van der Waals surface area contributed by atoms with Crippen molar-refractivity contribution in [2.24, 2.45) is 5.92 Å². The summed E-state index contributed by atoms with van der Waals surface area (Å²) in [4.78, 5) is 35.8. The molecule has 1 aromatic heterocycles. The van der Waals surface area contributed by atoms with Crippen molar-refractivity contribution in [1.82, 2.24) is 20.1 Å². The van der Waals surface area contributed by atoms with Crippen LogP contribution in [0.4, 0.5) is 0 Å². The molecule has 2 fully saturated rings. The molecule has 8 nitrogen and oxygen atoms in total. The second kappa shape index (κ2) is 9.85. The van der Waals surface area contributed by atoms with Crippen LogP contribution in [0.3, 0.4) is 0 Å². The Balaban J connectivity index is 1.33. The van der Waals surface area contributed by atoms with Crippen LogP contribution in [0.15, 0.2) is 42.6 Å². The Labute approximate surface area is 206 Å². The van der Waals surface area contributed by atoms with Crippen LogP contribution < -0.4 is 14.8 Å². The summed E-state index contributed by atoms with van der Waals surface area (Å²) in [5, 5.41) is 3.07. The van der Waals surface area contributed by atoms with Crippen LogP contribution in [0.25, 0.3) is 0 Å². The Morgan fingerprint density at radius 1 is 1.06 bits per heavy atom. The highest BCUT2D eigenvalue weighted by Crippen LogP contribution is 2.36. The smallest absolute Gasteiger partial charge is 0.246 e. The second-order valence-electron chi connectivity index (χ2n) is 10.2. The van der Waals surface area contributed by atoms with E-state index in [0.717, 1.165) is 42.4 Å². The maximum Gasteiger partial charge on any atom is 0.246 e. The molecule has 3 aliphatic rings. The Hall–Kier alpha value is -3.13. The molecule has 0 radical (unpaired) electrons. The zero-order valence-corrected chi connectivity index (χ0v) is 20.5. The van der Waals surface area contributed by atoms with Gasteiger partial charge in [-0.05, 0) is 55.0 Å². The van der Waals surface area contributed by atoms with Crippen LogP contribution in [-0.2, 0) is 22.7 Å². The lowest BCUT2D eigenvalue weighted by Crippen LogP contribution is -2.72. The van der Waals surface area contributed by atoms with E-state index in [-0.39, 0.29) is 11.8 Å². The molecule has 4 heterocycles. The summed E-state index contributed by atoms with van der Waals surface area (Å²) in [5.41, 5.74) is 1.11. The van der Waals surface area contributed by atoms with E-state index in [1.54, 1.807) is 6.20 Å². The van der Waals surface area contributed by atoms with Crippen molar-refractivity contribution in [1.29, 1.82) is 0 Å². The number of rotatable bonds is 6. The molecule has 2 amide bonds. The summed E-state index contributed by atoms with van der Waals surface area (Å²) in [6.07, 6.45) is 3.56. The molecule has 1 spiro atoms. The summed E-state index contributed by atoms with van der Waals surface area (Å²) in [7, 11) is 0. The number of nitrogens with one attached hydrogen (secondary N) is 1. The second-order valence-corrected chi connectivity index (χ2v) is 10.2. The molecule has 8 heteroatoms. The van der Waals surface area contributed by atoms with E-state index in [0.29, 0.717) is 44.9 Å². The monoisotopic (exact) mass is 478 g/mol. The molecule has 0 bridgehead atoms. The average molecular weight is 479 g/mol. The van der Waals surface area contributed by atoms with Gasteiger partial charge in [0.15, 0.2) is 11.5 Å². The van der Waals surface area contributed by atoms with Crippen LogP contribution in [0.1, 0.15) is 44.4 Å². The van der Waals surface area contributed by atoms with Crippen molar-refractivity contribution in [3.63, 3.8) is 0 Å². The quantitative estimate of drug-likeness (QED) is 0.688. The van der Waals surface area contributed by atoms with Crippen LogP contribution >= 0.6 is 0 Å². The van der Waals surface area contributed by atoms with E-state index in [1.165, 1.54) is 0 Å². The Morgan fingerprint density at radius 3 is 2.54 bits per heavy atom. The third-order valence-electron chi connectivity index (χ3n) is 7.26. The van der Waals surface area contributed by atoms with E-state index in [9.17, 15) is 9.59 Å². The Kier molecular flexibility index (Phi) is 6.65. The van der Waals surface area contributed by atoms with Gasteiger partial charge in [-0.2, -0.15) is 0 Å². The van der Waals surface area contributed by atoms with E-state index in [2.05, 4.69) is 35.1 Å². The minimum atomic E-state index is -0.842. The molecule has 5 rings (SSSR count). The lowest BCUT2D eigenvalue weighted by atomic mass is 9.80. The Morgan fingerprint density at radius 2 is 1.83 bits per heavy atom. The maximum absolute atomic E-state index is 13.6. The largest absolute Gasteiger partial charge is 0.486 e. The SMILES string of the molecule is CC(C)CC1NC(=O)C2(CCN(Cc3ccc4c(c3)OCCO4)CC2)N(Cc2ccccn2)C1=O. The van der Waals surface area contributed by atoms with Gasteiger partial charge < -0.3 is 19.7 Å². The van der Waals surface area contributed by atoms with Gasteiger partial charge in [-0.25, -0.2) is 0 Å². The van der Waals surface area contributed by atoms with Gasteiger partial charge >= 0.3 is 0 Å². The van der Waals surface area contributed by atoms with Gasteiger partial charge in [0.05, 0.1) is 12.2 Å². The Bertz CT molecular complexity index is 1070. The summed E-state index contributed by atoms with van der Waals surface area (Å²) in [5.74, 6) is 1.86. The van der Waals surface area contributed by atoms with Gasteiger partial charge in [0.2, 0.25) is 11.8 Å². The van der Waals surface area contributed by atoms with E-state index >= 15 is 0 Å². The van der Waals surface area contributed by atoms with Crippen LogP contribution in [-0.4, -0.2) is 64.5 Å². The van der Waals surface area contributed by atoms with Crippen molar-refractivity contribution in [3.05, 3.63) is 53.9 Å². The number of carbonyl (C=O) groups is 2. The number of carbonyl (C=O) groups excluding carboxylic acids is 2. The van der Waals surface area contributed by atoms with Crippen molar-refractivity contribution < 1.29 is 19.1 Å². The fourth-order valence-electron chi connectivity index (χ4n) is 5.41. The third-order valence-corrected chi connectivity index (χ3v) is 7.26. The minimum absolute atomic E-state index is 0.00393. The minimum Gasteiger partial charge on any atom is -0.486 e. The van der Waals surface area contributed by atoms with E-state index < -0.39 is 11.6 Å². The fraction of sp³-hybridized carbons (Fsp3) is 0.519. The molecular weight excluding hydrogens is 444 g/mol. The number of piperidine rings is 1. The molecule has 1 N–H and O–H groups in total. The van der Waals surface area contributed by atoms with Crippen molar-refractivity contribution >= 4 is 11.8 Å². The van der Waals surface area contributed by atoms with Crippen molar-refractivity contribution in [2.45, 2.75) is 57.8 Å². The first-order chi connectivity index (χ1) is 16.9. The number of likely N-dealkylation sites (tertiary alicyclic amines) is 1. The normalized spacial score (nSPS) is 21.9. The van der Waals surface area contributed by atoms with E-state index in [1.807, 2.05) is 35.2 Å².